The summed E-state index contributed by atoms with van der Waals surface area (Å²) in [5.41, 5.74) is 5.46. The standard InChI is InChI=1S/C14H28N2O2/c1-3-5-8-11-16-13(9-6-7-10-15)14(17)18-12-4-2/h4,13,16H,2-3,5-12,15H2,1H3/t13-/m0/s1. The smallest absolute Gasteiger partial charge is 0.323 e. The highest BCUT2D eigenvalue weighted by atomic mass is 16.5. The van der Waals surface area contributed by atoms with E-state index in [9.17, 15) is 4.79 Å². The van der Waals surface area contributed by atoms with Crippen molar-refractivity contribution in [2.24, 2.45) is 5.73 Å². The predicted molar refractivity (Wildman–Crippen MR) is 75.4 cm³/mol. The van der Waals surface area contributed by atoms with Gasteiger partial charge < -0.3 is 15.8 Å². The van der Waals surface area contributed by atoms with Gasteiger partial charge in [0.25, 0.3) is 0 Å². The van der Waals surface area contributed by atoms with Crippen molar-refractivity contribution in [3.8, 4) is 0 Å². The average molecular weight is 256 g/mol. The molecule has 0 radical (unpaired) electrons. The van der Waals surface area contributed by atoms with Crippen molar-refractivity contribution in [1.29, 1.82) is 0 Å². The quantitative estimate of drug-likeness (QED) is 0.318. The van der Waals surface area contributed by atoms with Gasteiger partial charge in [-0.3, -0.25) is 4.79 Å². The average Bonchev–Trinajstić information content (AvgIpc) is 2.39. The van der Waals surface area contributed by atoms with Gasteiger partial charge in [-0.2, -0.15) is 0 Å². The Morgan fingerprint density at radius 1 is 1.39 bits per heavy atom. The molecule has 0 spiro atoms. The number of hydrogen-bond acceptors (Lipinski definition) is 4. The van der Waals surface area contributed by atoms with Crippen LogP contribution in [0.25, 0.3) is 0 Å². The number of carbonyl (C=O) groups is 1. The minimum atomic E-state index is -0.201. The summed E-state index contributed by atoms with van der Waals surface area (Å²) < 4.78 is 5.09. The number of hydrogen-bond donors (Lipinski definition) is 2. The van der Waals surface area contributed by atoms with Crippen molar-refractivity contribution in [3.63, 3.8) is 0 Å². The number of carbonyl (C=O) groups excluding carboxylic acids is 1. The zero-order valence-corrected chi connectivity index (χ0v) is 11.6. The molecule has 3 N–H and O–H groups in total. The van der Waals surface area contributed by atoms with Gasteiger partial charge in [-0.1, -0.05) is 38.8 Å². The van der Waals surface area contributed by atoms with Crippen molar-refractivity contribution >= 4 is 5.97 Å². The Balaban J connectivity index is 3.97. The van der Waals surface area contributed by atoms with Gasteiger partial charge in [-0.25, -0.2) is 0 Å². The van der Waals surface area contributed by atoms with Gasteiger partial charge in [-0.05, 0) is 32.4 Å². The van der Waals surface area contributed by atoms with Gasteiger partial charge in [0, 0.05) is 0 Å². The lowest BCUT2D eigenvalue weighted by Crippen LogP contribution is -2.38. The summed E-state index contributed by atoms with van der Waals surface area (Å²) in [5, 5.41) is 3.27. The Hall–Kier alpha value is -0.870. The molecule has 4 heteroatoms. The van der Waals surface area contributed by atoms with E-state index >= 15 is 0 Å². The number of nitrogens with two attached hydrogens (primary N) is 1. The zero-order chi connectivity index (χ0) is 13.6. The SMILES string of the molecule is C=CCOC(=O)[C@H](CCCCN)NCCCCC. The summed E-state index contributed by atoms with van der Waals surface area (Å²) in [7, 11) is 0. The summed E-state index contributed by atoms with van der Waals surface area (Å²) in [6.45, 7) is 7.52. The number of unbranched alkanes of at least 4 members (excludes halogenated alkanes) is 3. The van der Waals surface area contributed by atoms with Crippen LogP contribution in [0.2, 0.25) is 0 Å². The van der Waals surface area contributed by atoms with E-state index in [0.29, 0.717) is 6.54 Å². The van der Waals surface area contributed by atoms with Crippen LogP contribution in [-0.2, 0) is 9.53 Å². The van der Waals surface area contributed by atoms with Crippen LogP contribution in [0.3, 0.4) is 0 Å². The number of nitrogens with one attached hydrogen (secondary N) is 1. The molecule has 0 heterocycles. The molecule has 0 fully saturated rings. The lowest BCUT2D eigenvalue weighted by Gasteiger charge is -2.17. The maximum atomic E-state index is 11.8. The summed E-state index contributed by atoms with van der Waals surface area (Å²) in [6.07, 6.45) is 7.74. The molecular weight excluding hydrogens is 228 g/mol. The first-order valence-electron chi connectivity index (χ1n) is 6.97. The summed E-state index contributed by atoms with van der Waals surface area (Å²) >= 11 is 0. The van der Waals surface area contributed by atoms with Crippen molar-refractivity contribution < 1.29 is 9.53 Å². The molecule has 0 aromatic carbocycles. The van der Waals surface area contributed by atoms with E-state index in [0.717, 1.165) is 32.2 Å². The lowest BCUT2D eigenvalue weighted by atomic mass is 10.1. The highest BCUT2D eigenvalue weighted by molar-refractivity contribution is 5.75. The third kappa shape index (κ3) is 9.19. The number of rotatable bonds is 12. The van der Waals surface area contributed by atoms with Crippen LogP contribution >= 0.6 is 0 Å². The maximum absolute atomic E-state index is 11.8. The monoisotopic (exact) mass is 256 g/mol. The number of esters is 1. The number of ether oxygens (including phenoxy) is 1. The van der Waals surface area contributed by atoms with Gasteiger partial charge in [0.2, 0.25) is 0 Å². The fourth-order valence-electron chi connectivity index (χ4n) is 1.69. The predicted octanol–water partition coefficient (Wildman–Crippen LogP) is 1.99. The fraction of sp³-hybridized carbons (Fsp3) is 0.786. The molecule has 0 aliphatic carbocycles. The third-order valence-corrected chi connectivity index (χ3v) is 2.75. The van der Waals surface area contributed by atoms with Crippen LogP contribution in [0, 0.1) is 0 Å². The first kappa shape index (κ1) is 17.1. The first-order valence-corrected chi connectivity index (χ1v) is 6.97. The van der Waals surface area contributed by atoms with E-state index in [4.69, 9.17) is 10.5 Å². The van der Waals surface area contributed by atoms with E-state index in [1.54, 1.807) is 6.08 Å². The second-order valence-corrected chi connectivity index (χ2v) is 4.42. The Morgan fingerprint density at radius 2 is 2.17 bits per heavy atom. The first-order chi connectivity index (χ1) is 8.76. The van der Waals surface area contributed by atoms with Crippen LogP contribution in [0.5, 0.6) is 0 Å². The van der Waals surface area contributed by atoms with Crippen molar-refractivity contribution in [2.75, 3.05) is 19.7 Å². The molecule has 0 aliphatic rings. The molecule has 0 amide bonds. The molecule has 0 bridgehead atoms. The topological polar surface area (TPSA) is 64.3 Å². The summed E-state index contributed by atoms with van der Waals surface area (Å²) in [5.74, 6) is -0.177. The Labute approximate surface area is 111 Å². The fourth-order valence-corrected chi connectivity index (χ4v) is 1.69. The van der Waals surface area contributed by atoms with E-state index in [-0.39, 0.29) is 18.6 Å². The van der Waals surface area contributed by atoms with E-state index in [1.807, 2.05) is 0 Å². The van der Waals surface area contributed by atoms with E-state index in [1.165, 1.54) is 12.8 Å². The Bertz CT molecular complexity index is 220. The molecule has 0 aromatic heterocycles. The Kier molecular flexibility index (Phi) is 12.0. The van der Waals surface area contributed by atoms with E-state index in [2.05, 4.69) is 18.8 Å². The minimum absolute atomic E-state index is 0.177. The van der Waals surface area contributed by atoms with Gasteiger partial charge in [0.05, 0.1) is 0 Å². The molecule has 0 saturated carbocycles. The van der Waals surface area contributed by atoms with Crippen LogP contribution in [0.4, 0.5) is 0 Å². The van der Waals surface area contributed by atoms with Gasteiger partial charge >= 0.3 is 5.97 Å². The highest BCUT2D eigenvalue weighted by Gasteiger charge is 2.18. The Morgan fingerprint density at radius 3 is 2.78 bits per heavy atom. The molecule has 106 valence electrons. The maximum Gasteiger partial charge on any atom is 0.323 e. The largest absolute Gasteiger partial charge is 0.460 e. The minimum Gasteiger partial charge on any atom is -0.460 e. The molecule has 1 atom stereocenters. The molecule has 18 heavy (non-hydrogen) atoms. The van der Waals surface area contributed by atoms with Gasteiger partial charge in [-0.15, -0.1) is 0 Å². The zero-order valence-electron chi connectivity index (χ0n) is 11.6. The molecule has 0 rings (SSSR count). The molecule has 0 saturated heterocycles. The van der Waals surface area contributed by atoms with Crippen molar-refractivity contribution in [2.45, 2.75) is 51.5 Å². The molecular formula is C14H28N2O2. The molecule has 0 aliphatic heterocycles. The van der Waals surface area contributed by atoms with Crippen LogP contribution < -0.4 is 11.1 Å². The van der Waals surface area contributed by atoms with Crippen LogP contribution in [0.15, 0.2) is 12.7 Å². The van der Waals surface area contributed by atoms with Crippen molar-refractivity contribution in [3.05, 3.63) is 12.7 Å². The molecule has 0 aromatic rings. The second kappa shape index (κ2) is 12.6. The lowest BCUT2D eigenvalue weighted by molar-refractivity contribution is -0.145. The summed E-state index contributed by atoms with van der Waals surface area (Å²) in [6, 6.07) is -0.201. The van der Waals surface area contributed by atoms with Gasteiger partial charge in [0.1, 0.15) is 12.6 Å². The van der Waals surface area contributed by atoms with Crippen LogP contribution in [0.1, 0.15) is 45.4 Å². The van der Waals surface area contributed by atoms with Crippen molar-refractivity contribution in [1.82, 2.24) is 5.32 Å². The van der Waals surface area contributed by atoms with Crippen LogP contribution in [-0.4, -0.2) is 31.7 Å². The highest BCUT2D eigenvalue weighted by Crippen LogP contribution is 2.04. The second-order valence-electron chi connectivity index (χ2n) is 4.42. The normalized spacial score (nSPS) is 12.1. The van der Waals surface area contributed by atoms with Gasteiger partial charge in [0.15, 0.2) is 0 Å². The summed E-state index contributed by atoms with van der Waals surface area (Å²) in [4.78, 5) is 11.8. The molecule has 4 nitrogen and oxygen atoms in total. The molecule has 0 unspecified atom stereocenters. The van der Waals surface area contributed by atoms with E-state index < -0.39 is 0 Å². The third-order valence-electron chi connectivity index (χ3n) is 2.75.